The molecule has 1 atom stereocenters. The number of para-hydroxylation sites is 1. The Labute approximate surface area is 143 Å². The lowest BCUT2D eigenvalue weighted by Gasteiger charge is -2.16. The van der Waals surface area contributed by atoms with Crippen LogP contribution in [0.4, 0.5) is 5.69 Å². The zero-order valence-corrected chi connectivity index (χ0v) is 14.2. The van der Waals surface area contributed by atoms with Crippen LogP contribution >= 0.6 is 23.2 Å². The van der Waals surface area contributed by atoms with Crippen LogP contribution in [-0.2, 0) is 10.0 Å². The van der Waals surface area contributed by atoms with Crippen LogP contribution in [-0.4, -0.2) is 13.3 Å². The lowest BCUT2D eigenvalue weighted by atomic mass is 10.1. The predicted molar refractivity (Wildman–Crippen MR) is 88.3 cm³/mol. The maximum absolute atomic E-state index is 12.4. The van der Waals surface area contributed by atoms with E-state index in [1.807, 2.05) is 0 Å². The lowest BCUT2D eigenvalue weighted by molar-refractivity contribution is -0.387. The van der Waals surface area contributed by atoms with Gasteiger partial charge in [0.15, 0.2) is 4.90 Å². The van der Waals surface area contributed by atoms with Gasteiger partial charge in [-0.3, -0.25) is 10.1 Å². The van der Waals surface area contributed by atoms with E-state index < -0.39 is 31.6 Å². The first-order chi connectivity index (χ1) is 10.7. The fraction of sp³-hybridized carbons (Fsp3) is 0.143. The third-order valence-corrected chi connectivity index (χ3v) is 5.26. The second kappa shape index (κ2) is 6.84. The lowest BCUT2D eigenvalue weighted by Crippen LogP contribution is -2.27. The first kappa shape index (κ1) is 17.7. The Bertz CT molecular complexity index is 856. The van der Waals surface area contributed by atoms with Gasteiger partial charge in [0.25, 0.3) is 5.69 Å². The van der Waals surface area contributed by atoms with Crippen LogP contribution in [0.5, 0.6) is 0 Å². The van der Waals surface area contributed by atoms with Crippen LogP contribution in [0.2, 0.25) is 10.0 Å². The third-order valence-electron chi connectivity index (χ3n) is 3.11. The Balaban J connectivity index is 2.37. The Morgan fingerprint density at radius 2 is 1.83 bits per heavy atom. The van der Waals surface area contributed by atoms with Gasteiger partial charge in [0.1, 0.15) is 0 Å². The van der Waals surface area contributed by atoms with Crippen molar-refractivity contribution in [1.29, 1.82) is 0 Å². The van der Waals surface area contributed by atoms with Crippen LogP contribution in [0.15, 0.2) is 47.4 Å². The van der Waals surface area contributed by atoms with E-state index in [0.717, 1.165) is 6.07 Å². The van der Waals surface area contributed by atoms with Crippen molar-refractivity contribution in [2.75, 3.05) is 0 Å². The van der Waals surface area contributed by atoms with E-state index in [1.165, 1.54) is 24.3 Å². The molecule has 0 aliphatic rings. The topological polar surface area (TPSA) is 89.3 Å². The molecule has 9 heteroatoms. The van der Waals surface area contributed by atoms with Gasteiger partial charge in [0.2, 0.25) is 10.0 Å². The Hall–Kier alpha value is -1.67. The smallest absolute Gasteiger partial charge is 0.258 e. The molecule has 0 heterocycles. The molecular weight excluding hydrogens is 363 g/mol. The van der Waals surface area contributed by atoms with Crippen molar-refractivity contribution in [3.05, 3.63) is 68.2 Å². The van der Waals surface area contributed by atoms with E-state index in [9.17, 15) is 18.5 Å². The van der Waals surface area contributed by atoms with E-state index >= 15 is 0 Å². The van der Waals surface area contributed by atoms with Gasteiger partial charge in [0.05, 0.1) is 4.92 Å². The minimum Gasteiger partial charge on any atom is -0.258 e. The van der Waals surface area contributed by atoms with E-state index in [1.54, 1.807) is 19.1 Å². The fourth-order valence-electron chi connectivity index (χ4n) is 2.05. The number of rotatable bonds is 5. The largest absolute Gasteiger partial charge is 0.289 e. The van der Waals surface area contributed by atoms with Crippen molar-refractivity contribution in [3.63, 3.8) is 0 Å². The summed E-state index contributed by atoms with van der Waals surface area (Å²) in [5.41, 5.74) is 0.0210. The summed E-state index contributed by atoms with van der Waals surface area (Å²) in [6.45, 7) is 1.58. The molecule has 0 radical (unpaired) electrons. The number of nitrogens with zero attached hydrogens (tertiary/aromatic N) is 1. The van der Waals surface area contributed by atoms with Gasteiger partial charge in [-0.1, -0.05) is 41.4 Å². The summed E-state index contributed by atoms with van der Waals surface area (Å²) in [5.74, 6) is 0. The molecule has 122 valence electrons. The van der Waals surface area contributed by atoms with E-state index in [-0.39, 0.29) is 0 Å². The summed E-state index contributed by atoms with van der Waals surface area (Å²) in [6.07, 6.45) is 0. The second-order valence-electron chi connectivity index (χ2n) is 4.73. The summed E-state index contributed by atoms with van der Waals surface area (Å²) in [6, 6.07) is 9.11. The van der Waals surface area contributed by atoms with Gasteiger partial charge in [0, 0.05) is 22.2 Å². The molecule has 1 N–H and O–H groups in total. The number of benzene rings is 2. The summed E-state index contributed by atoms with van der Waals surface area (Å²) in [5, 5.41) is 11.7. The average molecular weight is 375 g/mol. The number of sulfonamides is 1. The van der Waals surface area contributed by atoms with Gasteiger partial charge < -0.3 is 0 Å². The fourth-order valence-corrected chi connectivity index (χ4v) is 4.01. The summed E-state index contributed by atoms with van der Waals surface area (Å²) >= 11 is 11.9. The molecule has 0 fully saturated rings. The molecule has 0 bridgehead atoms. The normalized spacial score (nSPS) is 12.8. The van der Waals surface area contributed by atoms with Crippen LogP contribution in [0.25, 0.3) is 0 Å². The van der Waals surface area contributed by atoms with Gasteiger partial charge >= 0.3 is 0 Å². The first-order valence-electron chi connectivity index (χ1n) is 6.43. The van der Waals surface area contributed by atoms with Gasteiger partial charge in [-0.2, -0.15) is 0 Å². The maximum Gasteiger partial charge on any atom is 0.289 e. The van der Waals surface area contributed by atoms with E-state index in [2.05, 4.69) is 4.72 Å². The van der Waals surface area contributed by atoms with Crippen LogP contribution in [0.1, 0.15) is 18.5 Å². The van der Waals surface area contributed by atoms with Crippen molar-refractivity contribution in [3.8, 4) is 0 Å². The predicted octanol–water partition coefficient (Wildman–Crippen LogP) is 3.94. The number of halogens is 2. The molecule has 0 aliphatic carbocycles. The Morgan fingerprint density at radius 1 is 1.17 bits per heavy atom. The van der Waals surface area contributed by atoms with Crippen LogP contribution in [0, 0.1) is 10.1 Å². The molecule has 6 nitrogen and oxygen atoms in total. The molecular formula is C14H12Cl2N2O4S. The van der Waals surface area contributed by atoms with Gasteiger partial charge in [-0.25, -0.2) is 13.1 Å². The highest BCUT2D eigenvalue weighted by Crippen LogP contribution is 2.29. The third kappa shape index (κ3) is 4.00. The SMILES string of the molecule is CC(NS(=O)(=O)c1ccccc1[N+](=O)[O-])c1ccc(Cl)cc1Cl. The number of nitrogens with one attached hydrogen (secondary N) is 1. The van der Waals surface area contributed by atoms with Gasteiger partial charge in [-0.15, -0.1) is 0 Å². The maximum atomic E-state index is 12.4. The van der Waals surface area contributed by atoms with Crippen molar-refractivity contribution in [2.45, 2.75) is 17.9 Å². The number of hydrogen-bond donors (Lipinski definition) is 1. The van der Waals surface area contributed by atoms with Gasteiger partial charge in [-0.05, 0) is 30.7 Å². The van der Waals surface area contributed by atoms with Crippen molar-refractivity contribution in [2.24, 2.45) is 0 Å². The minimum absolute atomic E-state index is 0.301. The highest BCUT2D eigenvalue weighted by Gasteiger charge is 2.27. The Morgan fingerprint density at radius 3 is 2.43 bits per heavy atom. The molecule has 0 saturated carbocycles. The quantitative estimate of drug-likeness (QED) is 0.633. The molecule has 23 heavy (non-hydrogen) atoms. The van der Waals surface area contributed by atoms with Crippen LogP contribution in [0.3, 0.4) is 0 Å². The van der Waals surface area contributed by atoms with Crippen LogP contribution < -0.4 is 4.72 Å². The van der Waals surface area contributed by atoms with E-state index in [0.29, 0.717) is 15.6 Å². The highest BCUT2D eigenvalue weighted by atomic mass is 35.5. The zero-order chi connectivity index (χ0) is 17.2. The minimum atomic E-state index is -4.09. The molecule has 0 amide bonds. The molecule has 0 spiro atoms. The molecule has 0 aromatic heterocycles. The Kier molecular flexibility index (Phi) is 5.26. The molecule has 1 unspecified atom stereocenters. The van der Waals surface area contributed by atoms with Crippen molar-refractivity contribution >= 4 is 38.9 Å². The van der Waals surface area contributed by atoms with E-state index in [4.69, 9.17) is 23.2 Å². The molecule has 0 saturated heterocycles. The number of nitro benzene ring substituents is 1. The molecule has 0 aliphatic heterocycles. The highest BCUT2D eigenvalue weighted by molar-refractivity contribution is 7.89. The molecule has 2 rings (SSSR count). The first-order valence-corrected chi connectivity index (χ1v) is 8.67. The van der Waals surface area contributed by atoms with Crippen molar-refractivity contribution < 1.29 is 13.3 Å². The number of hydrogen-bond acceptors (Lipinski definition) is 4. The summed E-state index contributed by atoms with van der Waals surface area (Å²) in [7, 11) is -4.09. The monoisotopic (exact) mass is 374 g/mol. The second-order valence-corrected chi connectivity index (χ2v) is 7.26. The summed E-state index contributed by atoms with van der Waals surface area (Å²) in [4.78, 5) is 9.85. The molecule has 2 aromatic carbocycles. The van der Waals surface area contributed by atoms with Crippen molar-refractivity contribution in [1.82, 2.24) is 4.72 Å². The average Bonchev–Trinajstić information content (AvgIpc) is 2.46. The summed E-state index contributed by atoms with van der Waals surface area (Å²) < 4.78 is 27.3. The standard InChI is InChI=1S/C14H12Cl2N2O4S/c1-9(11-7-6-10(15)8-12(11)16)17-23(21,22)14-5-3-2-4-13(14)18(19)20/h2-9,17H,1H3. The number of nitro groups is 1. The zero-order valence-electron chi connectivity index (χ0n) is 11.9. The molecule has 2 aromatic rings.